The fourth-order valence-electron chi connectivity index (χ4n) is 2.93. The topological polar surface area (TPSA) is 61.4 Å². The van der Waals surface area contributed by atoms with Crippen molar-refractivity contribution in [3.63, 3.8) is 0 Å². The Balaban J connectivity index is 0.00000225. The van der Waals surface area contributed by atoms with Gasteiger partial charge in [-0.3, -0.25) is 9.97 Å². The SMILES string of the molecule is Cc1cn(-c2cccc(C(C)(C)c3cccc(-n4[c-]nc(C)c4)n3)n2)[c-]n1.[Pd+2]. The van der Waals surface area contributed by atoms with Crippen LogP contribution in [0.3, 0.4) is 0 Å². The van der Waals surface area contributed by atoms with Gasteiger partial charge in [0.05, 0.1) is 11.6 Å². The number of nitrogens with zero attached hydrogens (tertiary/aromatic N) is 6. The smallest absolute Gasteiger partial charge is 0.418 e. The molecule has 4 heterocycles. The normalized spacial score (nSPS) is 11.3. The van der Waals surface area contributed by atoms with Crippen LogP contribution < -0.4 is 0 Å². The quantitative estimate of drug-likeness (QED) is 0.344. The van der Waals surface area contributed by atoms with Crippen LogP contribution in [-0.4, -0.2) is 29.1 Å². The molecule has 0 unspecified atom stereocenters. The number of imidazole rings is 2. The summed E-state index contributed by atoms with van der Waals surface area (Å²) >= 11 is 0. The molecule has 0 radical (unpaired) electrons. The van der Waals surface area contributed by atoms with E-state index in [-0.39, 0.29) is 25.8 Å². The minimum absolute atomic E-state index is 0. The molecule has 7 heteroatoms. The Labute approximate surface area is 178 Å². The molecule has 0 aromatic carbocycles. The predicted molar refractivity (Wildman–Crippen MR) is 102 cm³/mol. The average Bonchev–Trinajstić information content (AvgIpc) is 3.30. The summed E-state index contributed by atoms with van der Waals surface area (Å²) in [4.78, 5) is 18.0. The van der Waals surface area contributed by atoms with Crippen LogP contribution in [0.4, 0.5) is 0 Å². The summed E-state index contributed by atoms with van der Waals surface area (Å²) in [6, 6.07) is 11.9. The minimum Gasteiger partial charge on any atom is -0.418 e. The predicted octanol–water partition coefficient (Wildman–Crippen LogP) is 3.39. The van der Waals surface area contributed by atoms with Gasteiger partial charge in [-0.1, -0.05) is 61.9 Å². The van der Waals surface area contributed by atoms with Crippen LogP contribution in [0.1, 0.15) is 36.6 Å². The Morgan fingerprint density at radius 3 is 1.54 bits per heavy atom. The van der Waals surface area contributed by atoms with Gasteiger partial charge in [0.1, 0.15) is 0 Å². The second-order valence-corrected chi connectivity index (χ2v) is 7.09. The van der Waals surface area contributed by atoms with Gasteiger partial charge in [0.2, 0.25) is 0 Å². The standard InChI is InChI=1S/C21H20N6.Pd/c1-15-11-26(13-22-15)19-9-5-7-17(24-19)21(3,4)18-8-6-10-20(25-18)27-12-16(2)23-14-27;/h5-12H,1-4H3;/q-2;+2. The fraction of sp³-hybridized carbons (Fsp3) is 0.238. The van der Waals surface area contributed by atoms with Crippen molar-refractivity contribution < 1.29 is 20.4 Å². The number of aryl methyl sites for hydroxylation is 2. The van der Waals surface area contributed by atoms with Crippen LogP contribution in [0.25, 0.3) is 11.6 Å². The van der Waals surface area contributed by atoms with Crippen molar-refractivity contribution in [2.75, 3.05) is 0 Å². The van der Waals surface area contributed by atoms with E-state index in [4.69, 9.17) is 9.97 Å². The molecule has 4 aromatic rings. The van der Waals surface area contributed by atoms with Crippen LogP contribution in [0.5, 0.6) is 0 Å². The summed E-state index contributed by atoms with van der Waals surface area (Å²) in [6.07, 6.45) is 9.72. The molecule has 0 aliphatic rings. The third kappa shape index (κ3) is 3.82. The zero-order chi connectivity index (χ0) is 19.0. The molecule has 4 aromatic heterocycles. The zero-order valence-corrected chi connectivity index (χ0v) is 17.7. The van der Waals surface area contributed by atoms with Gasteiger partial charge in [-0.05, 0) is 26.0 Å². The first-order valence-corrected chi connectivity index (χ1v) is 8.77. The van der Waals surface area contributed by atoms with Gasteiger partial charge >= 0.3 is 20.4 Å². The largest absolute Gasteiger partial charge is 2.00 e. The average molecular weight is 463 g/mol. The van der Waals surface area contributed by atoms with Crippen molar-refractivity contribution >= 4 is 0 Å². The molecule has 0 amide bonds. The van der Waals surface area contributed by atoms with Crippen LogP contribution in [-0.2, 0) is 25.8 Å². The molecule has 0 N–H and O–H groups in total. The molecule has 0 saturated carbocycles. The van der Waals surface area contributed by atoms with Gasteiger partial charge in [-0.25, -0.2) is 0 Å². The first kappa shape index (κ1) is 20.1. The van der Waals surface area contributed by atoms with E-state index in [1.165, 1.54) is 0 Å². The molecule has 28 heavy (non-hydrogen) atoms. The van der Waals surface area contributed by atoms with Gasteiger partial charge in [0.15, 0.2) is 0 Å². The molecule has 0 aliphatic heterocycles. The van der Waals surface area contributed by atoms with E-state index in [9.17, 15) is 0 Å². The maximum Gasteiger partial charge on any atom is 2.00 e. The van der Waals surface area contributed by atoms with E-state index in [0.29, 0.717) is 0 Å². The molecular formula is C21H20N6Pd. The number of pyridine rings is 2. The number of rotatable bonds is 4. The monoisotopic (exact) mass is 462 g/mol. The third-order valence-electron chi connectivity index (χ3n) is 4.54. The first-order valence-electron chi connectivity index (χ1n) is 8.77. The molecule has 0 saturated heterocycles. The second-order valence-electron chi connectivity index (χ2n) is 7.09. The number of hydrogen-bond donors (Lipinski definition) is 0. The van der Waals surface area contributed by atoms with Gasteiger partial charge in [0.25, 0.3) is 0 Å². The van der Waals surface area contributed by atoms with Crippen molar-refractivity contribution in [2.45, 2.75) is 33.1 Å². The summed E-state index contributed by atoms with van der Waals surface area (Å²) in [5, 5.41) is 0. The summed E-state index contributed by atoms with van der Waals surface area (Å²) in [6.45, 7) is 8.12. The Bertz CT molecular complexity index is 1010. The Hall–Kier alpha value is -2.62. The van der Waals surface area contributed by atoms with Gasteiger partial charge in [-0.15, -0.1) is 0 Å². The zero-order valence-electron chi connectivity index (χ0n) is 16.1. The molecule has 144 valence electrons. The van der Waals surface area contributed by atoms with Crippen LogP contribution in [0, 0.1) is 26.5 Å². The molecule has 0 atom stereocenters. The van der Waals surface area contributed by atoms with Crippen molar-refractivity contribution in [3.05, 3.63) is 84.2 Å². The van der Waals surface area contributed by atoms with Gasteiger partial charge < -0.3 is 19.1 Å². The maximum absolute atomic E-state index is 4.84. The fourth-order valence-corrected chi connectivity index (χ4v) is 2.93. The van der Waals surface area contributed by atoms with Crippen molar-refractivity contribution in [1.82, 2.24) is 29.1 Å². The van der Waals surface area contributed by atoms with Gasteiger partial charge in [0, 0.05) is 29.5 Å². The number of aromatic nitrogens is 6. The van der Waals surface area contributed by atoms with E-state index < -0.39 is 0 Å². The Morgan fingerprint density at radius 2 is 1.18 bits per heavy atom. The van der Waals surface area contributed by atoms with E-state index in [1.54, 1.807) is 0 Å². The summed E-state index contributed by atoms with van der Waals surface area (Å²) in [5.74, 6) is 1.58. The maximum atomic E-state index is 4.84. The molecule has 0 spiro atoms. The van der Waals surface area contributed by atoms with Gasteiger partial charge in [-0.2, -0.15) is 0 Å². The molecule has 0 fully saturated rings. The van der Waals surface area contributed by atoms with E-state index >= 15 is 0 Å². The minimum atomic E-state index is -0.378. The summed E-state index contributed by atoms with van der Waals surface area (Å²) < 4.78 is 3.62. The first-order chi connectivity index (χ1) is 12.9. The Morgan fingerprint density at radius 1 is 0.750 bits per heavy atom. The van der Waals surface area contributed by atoms with Crippen molar-refractivity contribution in [3.8, 4) is 11.6 Å². The third-order valence-corrected chi connectivity index (χ3v) is 4.54. The van der Waals surface area contributed by atoms with Crippen LogP contribution in [0.15, 0.2) is 48.8 Å². The molecule has 0 bridgehead atoms. The van der Waals surface area contributed by atoms with Crippen molar-refractivity contribution in [2.24, 2.45) is 0 Å². The van der Waals surface area contributed by atoms with E-state index in [2.05, 4.69) is 36.5 Å². The van der Waals surface area contributed by atoms with Crippen molar-refractivity contribution in [1.29, 1.82) is 0 Å². The molecular weight excluding hydrogens is 443 g/mol. The van der Waals surface area contributed by atoms with Crippen LogP contribution >= 0.6 is 0 Å². The molecule has 4 rings (SSSR count). The molecule has 6 nitrogen and oxygen atoms in total. The Kier molecular flexibility index (Phi) is 5.60. The second kappa shape index (κ2) is 7.78. The summed E-state index contributed by atoms with van der Waals surface area (Å²) in [5.41, 5.74) is 3.29. The van der Waals surface area contributed by atoms with E-state index in [0.717, 1.165) is 34.4 Å². The van der Waals surface area contributed by atoms with E-state index in [1.807, 2.05) is 71.8 Å². The van der Waals surface area contributed by atoms with Crippen LogP contribution in [0.2, 0.25) is 0 Å². The number of hydrogen-bond acceptors (Lipinski definition) is 4. The molecule has 0 aliphatic carbocycles. The summed E-state index contributed by atoms with van der Waals surface area (Å²) in [7, 11) is 0.